The smallest absolute Gasteiger partial charge is 0.134 e. The highest BCUT2D eigenvalue weighted by molar-refractivity contribution is 6.32. The molecule has 1 atom stereocenters. The maximum atomic E-state index is 9.24. The van der Waals surface area contributed by atoms with Crippen molar-refractivity contribution in [3.05, 3.63) is 28.8 Å². The Hall–Kier alpha value is -1.20. The fourth-order valence-electron chi connectivity index (χ4n) is 1.20. The van der Waals surface area contributed by atoms with E-state index >= 15 is 0 Å². The van der Waals surface area contributed by atoms with Gasteiger partial charge in [-0.1, -0.05) is 24.6 Å². The number of aromatic hydroxyl groups is 1. The SMILES string of the molecule is CCC(C)(C#N)c1ccc(O)c(Cl)c1. The van der Waals surface area contributed by atoms with Crippen LogP contribution in [0.2, 0.25) is 5.02 Å². The minimum Gasteiger partial charge on any atom is -0.506 e. The topological polar surface area (TPSA) is 44.0 Å². The molecule has 1 aromatic carbocycles. The normalized spacial score (nSPS) is 14.4. The monoisotopic (exact) mass is 209 g/mol. The summed E-state index contributed by atoms with van der Waals surface area (Å²) < 4.78 is 0. The molecule has 0 bridgehead atoms. The molecule has 0 aliphatic rings. The summed E-state index contributed by atoms with van der Waals surface area (Å²) in [5, 5.41) is 18.6. The van der Waals surface area contributed by atoms with E-state index in [0.29, 0.717) is 6.42 Å². The number of hydrogen-bond donors (Lipinski definition) is 1. The van der Waals surface area contributed by atoms with Crippen molar-refractivity contribution < 1.29 is 5.11 Å². The van der Waals surface area contributed by atoms with Crippen molar-refractivity contribution in [2.75, 3.05) is 0 Å². The molecule has 2 nitrogen and oxygen atoms in total. The van der Waals surface area contributed by atoms with Crippen molar-refractivity contribution in [1.82, 2.24) is 0 Å². The number of benzene rings is 1. The van der Waals surface area contributed by atoms with Gasteiger partial charge in [-0.3, -0.25) is 0 Å². The first-order valence-corrected chi connectivity index (χ1v) is 4.81. The van der Waals surface area contributed by atoms with Crippen molar-refractivity contribution in [3.63, 3.8) is 0 Å². The number of halogens is 1. The molecule has 0 radical (unpaired) electrons. The number of phenolic OH excluding ortho intramolecular Hbond substituents is 1. The molecule has 0 aromatic heterocycles. The average molecular weight is 210 g/mol. The first-order valence-electron chi connectivity index (χ1n) is 4.43. The summed E-state index contributed by atoms with van der Waals surface area (Å²) in [7, 11) is 0. The van der Waals surface area contributed by atoms with Gasteiger partial charge < -0.3 is 5.11 Å². The van der Waals surface area contributed by atoms with Gasteiger partial charge in [0.1, 0.15) is 5.75 Å². The Morgan fingerprint density at radius 3 is 2.64 bits per heavy atom. The van der Waals surface area contributed by atoms with Gasteiger partial charge in [0.05, 0.1) is 16.5 Å². The first kappa shape index (κ1) is 10.9. The van der Waals surface area contributed by atoms with Gasteiger partial charge in [0.15, 0.2) is 0 Å². The minimum atomic E-state index is -0.530. The van der Waals surface area contributed by atoms with E-state index in [1.165, 1.54) is 6.07 Å². The van der Waals surface area contributed by atoms with Gasteiger partial charge in [0.25, 0.3) is 0 Å². The molecule has 0 saturated carbocycles. The Labute approximate surface area is 88.7 Å². The van der Waals surface area contributed by atoms with E-state index in [9.17, 15) is 5.11 Å². The van der Waals surface area contributed by atoms with Gasteiger partial charge in [0.2, 0.25) is 0 Å². The lowest BCUT2D eigenvalue weighted by atomic mass is 9.82. The van der Waals surface area contributed by atoms with Crippen LogP contribution in [0.4, 0.5) is 0 Å². The maximum absolute atomic E-state index is 9.24. The second-order valence-electron chi connectivity index (χ2n) is 3.46. The standard InChI is InChI=1S/C11H12ClNO/c1-3-11(2,7-13)8-4-5-10(14)9(12)6-8/h4-6,14H,3H2,1-2H3. The van der Waals surface area contributed by atoms with Crippen LogP contribution < -0.4 is 0 Å². The van der Waals surface area contributed by atoms with Gasteiger partial charge in [0, 0.05) is 0 Å². The fourth-order valence-corrected chi connectivity index (χ4v) is 1.38. The van der Waals surface area contributed by atoms with Crippen LogP contribution in [-0.4, -0.2) is 5.11 Å². The van der Waals surface area contributed by atoms with Gasteiger partial charge in [-0.2, -0.15) is 5.26 Å². The Balaban J connectivity index is 3.21. The molecule has 0 fully saturated rings. The van der Waals surface area contributed by atoms with Gasteiger partial charge in [-0.15, -0.1) is 0 Å². The van der Waals surface area contributed by atoms with Crippen molar-refractivity contribution >= 4 is 11.6 Å². The van der Waals surface area contributed by atoms with Crippen LogP contribution in [-0.2, 0) is 5.41 Å². The van der Waals surface area contributed by atoms with Crippen molar-refractivity contribution in [1.29, 1.82) is 5.26 Å². The van der Waals surface area contributed by atoms with E-state index in [2.05, 4.69) is 6.07 Å². The average Bonchev–Trinajstić information content (AvgIpc) is 2.21. The van der Waals surface area contributed by atoms with E-state index in [-0.39, 0.29) is 10.8 Å². The summed E-state index contributed by atoms with van der Waals surface area (Å²) in [5.41, 5.74) is 0.308. The molecule has 0 aliphatic heterocycles. The van der Waals surface area contributed by atoms with Crippen molar-refractivity contribution in [2.45, 2.75) is 25.7 Å². The summed E-state index contributed by atoms with van der Waals surface area (Å²) in [5.74, 6) is 0.0480. The Bertz CT molecular complexity index is 383. The van der Waals surface area contributed by atoms with Gasteiger partial charge in [-0.25, -0.2) is 0 Å². The summed E-state index contributed by atoms with van der Waals surface area (Å²) in [4.78, 5) is 0. The Kier molecular flexibility index (Phi) is 3.03. The first-order chi connectivity index (χ1) is 6.53. The van der Waals surface area contributed by atoms with E-state index in [1.54, 1.807) is 12.1 Å². The number of nitrogens with zero attached hydrogens (tertiary/aromatic N) is 1. The van der Waals surface area contributed by atoms with Crippen molar-refractivity contribution in [2.24, 2.45) is 0 Å². The fraction of sp³-hybridized carbons (Fsp3) is 0.364. The molecule has 1 unspecified atom stereocenters. The maximum Gasteiger partial charge on any atom is 0.134 e. The molecule has 1 rings (SSSR count). The molecule has 0 spiro atoms. The van der Waals surface area contributed by atoms with Crippen LogP contribution in [0.1, 0.15) is 25.8 Å². The summed E-state index contributed by atoms with van der Waals surface area (Å²) >= 11 is 5.77. The van der Waals surface area contributed by atoms with Gasteiger partial charge in [-0.05, 0) is 31.0 Å². The summed E-state index contributed by atoms with van der Waals surface area (Å²) in [6, 6.07) is 7.14. The molecule has 14 heavy (non-hydrogen) atoms. The lowest BCUT2D eigenvalue weighted by Crippen LogP contribution is -2.17. The van der Waals surface area contributed by atoms with E-state index in [1.807, 2.05) is 13.8 Å². The predicted octanol–water partition coefficient (Wildman–Crippen LogP) is 3.24. The minimum absolute atomic E-state index is 0.0480. The molecule has 0 heterocycles. The third-order valence-electron chi connectivity index (χ3n) is 2.54. The number of rotatable bonds is 2. The number of phenols is 1. The molecular formula is C11H12ClNO. The quantitative estimate of drug-likeness (QED) is 0.813. The highest BCUT2D eigenvalue weighted by Crippen LogP contribution is 2.32. The highest BCUT2D eigenvalue weighted by Gasteiger charge is 2.24. The number of nitriles is 1. The number of hydrogen-bond acceptors (Lipinski definition) is 2. The lowest BCUT2D eigenvalue weighted by Gasteiger charge is -2.20. The molecule has 3 heteroatoms. The van der Waals surface area contributed by atoms with Crippen LogP contribution in [0.25, 0.3) is 0 Å². The Morgan fingerprint density at radius 2 is 2.21 bits per heavy atom. The van der Waals surface area contributed by atoms with E-state index in [0.717, 1.165) is 5.56 Å². The molecule has 0 aliphatic carbocycles. The van der Waals surface area contributed by atoms with Crippen LogP contribution >= 0.6 is 11.6 Å². The Morgan fingerprint density at radius 1 is 1.57 bits per heavy atom. The molecule has 0 amide bonds. The highest BCUT2D eigenvalue weighted by atomic mass is 35.5. The lowest BCUT2D eigenvalue weighted by molar-refractivity contribution is 0.474. The third kappa shape index (κ3) is 1.83. The molecule has 1 aromatic rings. The zero-order chi connectivity index (χ0) is 10.8. The van der Waals surface area contributed by atoms with Crippen molar-refractivity contribution in [3.8, 4) is 11.8 Å². The largest absolute Gasteiger partial charge is 0.506 e. The summed E-state index contributed by atoms with van der Waals surface area (Å²) in [6.45, 7) is 3.81. The molecule has 74 valence electrons. The molecule has 1 N–H and O–H groups in total. The second-order valence-corrected chi connectivity index (χ2v) is 3.87. The van der Waals surface area contributed by atoms with Crippen LogP contribution in [0.15, 0.2) is 18.2 Å². The molecule has 0 saturated heterocycles. The third-order valence-corrected chi connectivity index (χ3v) is 2.84. The van der Waals surface area contributed by atoms with E-state index < -0.39 is 5.41 Å². The van der Waals surface area contributed by atoms with Gasteiger partial charge >= 0.3 is 0 Å². The zero-order valence-corrected chi connectivity index (χ0v) is 8.97. The molecular weight excluding hydrogens is 198 g/mol. The second kappa shape index (κ2) is 3.89. The summed E-state index contributed by atoms with van der Waals surface area (Å²) in [6.07, 6.45) is 0.713. The zero-order valence-electron chi connectivity index (χ0n) is 8.21. The van der Waals surface area contributed by atoms with Crippen LogP contribution in [0.5, 0.6) is 5.75 Å². The van der Waals surface area contributed by atoms with Crippen LogP contribution in [0, 0.1) is 11.3 Å². The predicted molar refractivity (Wildman–Crippen MR) is 56.4 cm³/mol. The van der Waals surface area contributed by atoms with E-state index in [4.69, 9.17) is 16.9 Å². The van der Waals surface area contributed by atoms with Crippen LogP contribution in [0.3, 0.4) is 0 Å².